The number of hydrogen-bond donors (Lipinski definition) is 0. The van der Waals surface area contributed by atoms with Gasteiger partial charge in [-0.05, 0) is 25.1 Å². The van der Waals surface area contributed by atoms with Gasteiger partial charge in [-0.15, -0.1) is 0 Å². The number of aryl methyl sites for hydroxylation is 1. The van der Waals surface area contributed by atoms with Crippen LogP contribution in [0.4, 0.5) is 11.5 Å². The van der Waals surface area contributed by atoms with Crippen LogP contribution in [-0.2, 0) is 14.3 Å². The third-order valence-corrected chi connectivity index (χ3v) is 4.83. The zero-order valence-corrected chi connectivity index (χ0v) is 14.8. The van der Waals surface area contributed by atoms with Crippen LogP contribution in [0.2, 0.25) is 0 Å². The normalized spacial score (nSPS) is 24.0. The van der Waals surface area contributed by atoms with Gasteiger partial charge in [0.25, 0.3) is 5.91 Å². The molecule has 1 spiro atoms. The van der Waals surface area contributed by atoms with E-state index in [9.17, 15) is 4.79 Å². The highest BCUT2D eigenvalue weighted by Crippen LogP contribution is 2.28. The van der Waals surface area contributed by atoms with Crippen molar-refractivity contribution >= 4 is 17.4 Å². The minimum absolute atomic E-state index is 0.0303. The first kappa shape index (κ1) is 16.9. The molecule has 2 aromatic rings. The average molecular weight is 354 g/mol. The molecule has 1 aromatic carbocycles. The first-order valence-corrected chi connectivity index (χ1v) is 8.75. The van der Waals surface area contributed by atoms with E-state index in [4.69, 9.17) is 9.47 Å². The lowest BCUT2D eigenvalue weighted by Crippen LogP contribution is -2.61. The van der Waals surface area contributed by atoms with Crippen LogP contribution in [0.3, 0.4) is 0 Å². The van der Waals surface area contributed by atoms with Crippen LogP contribution < -0.4 is 9.80 Å². The third kappa shape index (κ3) is 3.40. The van der Waals surface area contributed by atoms with Crippen LogP contribution >= 0.6 is 0 Å². The largest absolute Gasteiger partial charge is 0.376 e. The lowest BCUT2D eigenvalue weighted by Gasteiger charge is -2.43. The molecule has 0 aliphatic carbocycles. The highest BCUT2D eigenvalue weighted by Gasteiger charge is 2.43. The number of rotatable bonds is 2. The Labute approximate surface area is 152 Å². The Morgan fingerprint density at radius 2 is 2.00 bits per heavy atom. The van der Waals surface area contributed by atoms with E-state index < -0.39 is 5.60 Å². The monoisotopic (exact) mass is 354 g/mol. The van der Waals surface area contributed by atoms with Crippen molar-refractivity contribution in [3.05, 3.63) is 48.4 Å². The number of aromatic nitrogens is 2. The van der Waals surface area contributed by atoms with E-state index in [0.717, 1.165) is 23.6 Å². The smallest absolute Gasteiger partial charge is 0.253 e. The topological polar surface area (TPSA) is 67.8 Å². The van der Waals surface area contributed by atoms with Gasteiger partial charge in [0.1, 0.15) is 24.4 Å². The molecule has 0 saturated carbocycles. The molecule has 7 nitrogen and oxygen atoms in total. The summed E-state index contributed by atoms with van der Waals surface area (Å²) in [5.74, 6) is 0.810. The molecule has 1 aromatic heterocycles. The summed E-state index contributed by atoms with van der Waals surface area (Å²) >= 11 is 0. The van der Waals surface area contributed by atoms with Gasteiger partial charge < -0.3 is 19.3 Å². The van der Waals surface area contributed by atoms with Gasteiger partial charge >= 0.3 is 0 Å². The number of ether oxygens (including phenoxy) is 2. The van der Waals surface area contributed by atoms with Crippen molar-refractivity contribution < 1.29 is 14.3 Å². The van der Waals surface area contributed by atoms with Crippen LogP contribution in [0.15, 0.2) is 42.9 Å². The number of anilines is 2. The highest BCUT2D eigenvalue weighted by molar-refractivity contribution is 5.95. The molecule has 0 radical (unpaired) electrons. The molecule has 136 valence electrons. The summed E-state index contributed by atoms with van der Waals surface area (Å²) < 4.78 is 11.9. The second-order valence-electron chi connectivity index (χ2n) is 6.83. The van der Waals surface area contributed by atoms with Gasteiger partial charge in [-0.25, -0.2) is 9.97 Å². The maximum atomic E-state index is 12.5. The number of hydrogen-bond acceptors (Lipinski definition) is 6. The molecule has 0 N–H and O–H groups in total. The molecular formula is C19H22N4O3. The van der Waals surface area contributed by atoms with Gasteiger partial charge in [-0.3, -0.25) is 4.79 Å². The molecule has 4 rings (SSSR count). The number of benzene rings is 1. The van der Waals surface area contributed by atoms with Gasteiger partial charge in [0, 0.05) is 18.4 Å². The summed E-state index contributed by atoms with van der Waals surface area (Å²) in [5, 5.41) is 0. The summed E-state index contributed by atoms with van der Waals surface area (Å²) in [6, 6.07) is 9.87. The average Bonchev–Trinajstić information content (AvgIpc) is 2.88. The summed E-state index contributed by atoms with van der Waals surface area (Å²) in [5.41, 5.74) is 1.47. The van der Waals surface area contributed by atoms with E-state index in [2.05, 4.69) is 14.9 Å². The van der Waals surface area contributed by atoms with Crippen molar-refractivity contribution in [1.29, 1.82) is 0 Å². The van der Waals surface area contributed by atoms with Crippen molar-refractivity contribution in [2.75, 3.05) is 49.3 Å². The Hall–Kier alpha value is -2.51. The molecule has 1 unspecified atom stereocenters. The molecule has 2 fully saturated rings. The lowest BCUT2D eigenvalue weighted by atomic mass is 10.0. The Balaban J connectivity index is 1.59. The van der Waals surface area contributed by atoms with Crippen LogP contribution in [0.25, 0.3) is 0 Å². The van der Waals surface area contributed by atoms with E-state index in [1.54, 1.807) is 11.1 Å². The zero-order valence-electron chi connectivity index (χ0n) is 14.8. The number of carbonyl (C=O) groups excluding carboxylic acids is 1. The Kier molecular flexibility index (Phi) is 4.57. The number of morpholine rings is 1. The summed E-state index contributed by atoms with van der Waals surface area (Å²) in [4.78, 5) is 24.7. The van der Waals surface area contributed by atoms with Crippen molar-refractivity contribution in [3.63, 3.8) is 0 Å². The first-order valence-electron chi connectivity index (χ1n) is 8.75. The highest BCUT2D eigenvalue weighted by atomic mass is 16.6. The van der Waals surface area contributed by atoms with E-state index in [-0.39, 0.29) is 12.5 Å². The Morgan fingerprint density at radius 3 is 2.77 bits per heavy atom. The van der Waals surface area contributed by atoms with Crippen molar-refractivity contribution in [2.24, 2.45) is 0 Å². The van der Waals surface area contributed by atoms with Crippen molar-refractivity contribution in [3.8, 4) is 0 Å². The molecule has 1 amide bonds. The van der Waals surface area contributed by atoms with Crippen LogP contribution in [-0.4, -0.2) is 60.9 Å². The minimum Gasteiger partial charge on any atom is -0.376 e. The second-order valence-corrected chi connectivity index (χ2v) is 6.83. The molecule has 2 aliphatic rings. The SMILES string of the molecule is Cc1ccc(N2CC3(COCCN(c4ccncn4)C3)OCC2=O)cc1. The number of carbonyl (C=O) groups is 1. The number of nitrogens with zero attached hydrogens (tertiary/aromatic N) is 4. The molecule has 2 saturated heterocycles. The van der Waals surface area contributed by atoms with E-state index >= 15 is 0 Å². The van der Waals surface area contributed by atoms with Gasteiger partial charge in [-0.2, -0.15) is 0 Å². The molecular weight excluding hydrogens is 332 g/mol. The lowest BCUT2D eigenvalue weighted by molar-refractivity contribution is -0.143. The van der Waals surface area contributed by atoms with Gasteiger partial charge in [0.2, 0.25) is 0 Å². The fourth-order valence-corrected chi connectivity index (χ4v) is 3.43. The zero-order chi connectivity index (χ0) is 18.0. The van der Waals surface area contributed by atoms with E-state index in [1.165, 1.54) is 6.33 Å². The maximum absolute atomic E-state index is 12.5. The minimum atomic E-state index is -0.583. The molecule has 1 atom stereocenters. The standard InChI is InChI=1S/C19H22N4O3/c1-15-2-4-16(5-3-15)23-12-19(26-10-18(23)24)11-22(8-9-25-13-19)17-6-7-20-14-21-17/h2-7,14H,8-13H2,1H3. The van der Waals surface area contributed by atoms with Crippen LogP contribution in [0.5, 0.6) is 0 Å². The second kappa shape index (κ2) is 7.01. The third-order valence-electron chi connectivity index (χ3n) is 4.83. The predicted molar refractivity (Wildman–Crippen MR) is 97.3 cm³/mol. The Morgan fingerprint density at radius 1 is 1.15 bits per heavy atom. The summed E-state index contributed by atoms with van der Waals surface area (Å²) in [6.45, 7) is 4.91. The van der Waals surface area contributed by atoms with Gasteiger partial charge in [0.15, 0.2) is 0 Å². The Bertz CT molecular complexity index is 768. The molecule has 7 heteroatoms. The summed E-state index contributed by atoms with van der Waals surface area (Å²) in [7, 11) is 0. The maximum Gasteiger partial charge on any atom is 0.253 e. The molecule has 0 bridgehead atoms. The molecule has 2 aliphatic heterocycles. The van der Waals surface area contributed by atoms with Crippen molar-refractivity contribution in [1.82, 2.24) is 9.97 Å². The molecule has 3 heterocycles. The van der Waals surface area contributed by atoms with Crippen LogP contribution in [0.1, 0.15) is 5.56 Å². The summed E-state index contributed by atoms with van der Waals surface area (Å²) in [6.07, 6.45) is 3.27. The van der Waals surface area contributed by atoms with E-state index in [0.29, 0.717) is 26.3 Å². The first-order chi connectivity index (χ1) is 12.7. The van der Waals surface area contributed by atoms with Crippen LogP contribution in [0, 0.1) is 6.92 Å². The van der Waals surface area contributed by atoms with E-state index in [1.807, 2.05) is 37.3 Å². The fourth-order valence-electron chi connectivity index (χ4n) is 3.43. The van der Waals surface area contributed by atoms with Crippen molar-refractivity contribution in [2.45, 2.75) is 12.5 Å². The quantitative estimate of drug-likeness (QED) is 0.813. The molecule has 26 heavy (non-hydrogen) atoms. The number of amides is 1. The predicted octanol–water partition coefficient (Wildman–Crippen LogP) is 1.42. The van der Waals surface area contributed by atoms with Gasteiger partial charge in [0.05, 0.1) is 26.3 Å². The fraction of sp³-hybridized carbons (Fsp3) is 0.421. The van der Waals surface area contributed by atoms with Gasteiger partial charge in [-0.1, -0.05) is 17.7 Å².